The molecule has 9 nitrogen and oxygen atoms in total. The van der Waals surface area contributed by atoms with E-state index < -0.39 is 33.3 Å². The van der Waals surface area contributed by atoms with Gasteiger partial charge in [-0.25, -0.2) is 17.9 Å². The molecule has 3 amide bonds. The van der Waals surface area contributed by atoms with Gasteiger partial charge in [0.25, 0.3) is 5.91 Å². The zero-order valence-corrected chi connectivity index (χ0v) is 24.7. The summed E-state index contributed by atoms with van der Waals surface area (Å²) in [5.74, 6) is 0.0458. The van der Waals surface area contributed by atoms with Gasteiger partial charge < -0.3 is 20.3 Å². The quantitative estimate of drug-likeness (QED) is 0.314. The van der Waals surface area contributed by atoms with Crippen molar-refractivity contribution in [3.05, 3.63) is 48.0 Å². The van der Waals surface area contributed by atoms with Crippen molar-refractivity contribution in [1.29, 1.82) is 0 Å². The standard InChI is InChI=1S/C30H42N4O5S/c1-20(2)19-34(24-8-6-5-7-9-24)28-17-14-25(39-22(4)29(35)33-40(37,38)26-15-16-26)18-27(28)32-30(36)31-23-12-10-21(3)11-13-23/h10-14,17-18,20,22,24,26H,5-9,15-16,19H2,1-4H3,(H,33,35)(H2,31,32,36). The molecular weight excluding hydrogens is 528 g/mol. The van der Waals surface area contributed by atoms with Crippen molar-refractivity contribution in [3.63, 3.8) is 0 Å². The van der Waals surface area contributed by atoms with Crippen molar-refractivity contribution in [2.24, 2.45) is 5.92 Å². The summed E-state index contributed by atoms with van der Waals surface area (Å²) in [6.45, 7) is 8.69. The Morgan fingerprint density at radius 1 is 0.950 bits per heavy atom. The average molecular weight is 571 g/mol. The van der Waals surface area contributed by atoms with Crippen molar-refractivity contribution >= 4 is 39.0 Å². The number of benzene rings is 2. The maximum atomic E-state index is 13.1. The van der Waals surface area contributed by atoms with Crippen LogP contribution in [0.2, 0.25) is 0 Å². The third-order valence-electron chi connectivity index (χ3n) is 7.30. The lowest BCUT2D eigenvalue weighted by atomic mass is 9.93. The van der Waals surface area contributed by atoms with Gasteiger partial charge in [0.1, 0.15) is 5.75 Å². The molecule has 0 aliphatic heterocycles. The number of rotatable bonds is 11. The SMILES string of the molecule is Cc1ccc(NC(=O)Nc2cc(OC(C)C(=O)NS(=O)(=O)C3CC3)ccc2N(CC(C)C)C2CCCCC2)cc1. The van der Waals surface area contributed by atoms with Gasteiger partial charge in [0.05, 0.1) is 16.6 Å². The van der Waals surface area contributed by atoms with Crippen LogP contribution >= 0.6 is 0 Å². The predicted octanol–water partition coefficient (Wildman–Crippen LogP) is 5.81. The van der Waals surface area contributed by atoms with Crippen LogP contribution in [-0.2, 0) is 14.8 Å². The van der Waals surface area contributed by atoms with Crippen LogP contribution in [0.1, 0.15) is 71.3 Å². The van der Waals surface area contributed by atoms with Gasteiger partial charge in [-0.05, 0) is 69.7 Å². The van der Waals surface area contributed by atoms with E-state index in [9.17, 15) is 18.0 Å². The molecule has 0 bridgehead atoms. The molecule has 0 spiro atoms. The fraction of sp³-hybridized carbons (Fsp3) is 0.533. The highest BCUT2D eigenvalue weighted by Crippen LogP contribution is 2.36. The first kappa shape index (κ1) is 29.7. The number of nitrogens with zero attached hydrogens (tertiary/aromatic N) is 1. The van der Waals surface area contributed by atoms with Gasteiger partial charge in [0, 0.05) is 24.3 Å². The lowest BCUT2D eigenvalue weighted by molar-refractivity contribution is -0.125. The summed E-state index contributed by atoms with van der Waals surface area (Å²) in [6.07, 6.45) is 5.85. The summed E-state index contributed by atoms with van der Waals surface area (Å²) in [7, 11) is -3.67. The minimum absolute atomic E-state index is 0.356. The number of nitrogens with one attached hydrogen (secondary N) is 3. The van der Waals surface area contributed by atoms with Crippen molar-refractivity contribution in [2.75, 3.05) is 22.1 Å². The number of carbonyl (C=O) groups excluding carboxylic acids is 2. The highest BCUT2D eigenvalue weighted by atomic mass is 32.2. The lowest BCUT2D eigenvalue weighted by Crippen LogP contribution is -2.41. The van der Waals surface area contributed by atoms with E-state index in [4.69, 9.17) is 4.74 Å². The molecule has 2 aliphatic rings. The summed E-state index contributed by atoms with van der Waals surface area (Å²) in [5, 5.41) is 5.38. The molecule has 2 aromatic carbocycles. The zero-order chi connectivity index (χ0) is 28.9. The Labute approximate surface area is 238 Å². The molecule has 0 saturated heterocycles. The number of carbonyl (C=O) groups is 2. The minimum atomic E-state index is -3.67. The lowest BCUT2D eigenvalue weighted by Gasteiger charge is -2.38. The molecule has 2 aliphatic carbocycles. The third-order valence-corrected chi connectivity index (χ3v) is 9.14. The van der Waals surface area contributed by atoms with E-state index in [0.29, 0.717) is 41.9 Å². The molecule has 2 saturated carbocycles. The van der Waals surface area contributed by atoms with Crippen molar-refractivity contribution in [1.82, 2.24) is 4.72 Å². The number of sulfonamides is 1. The van der Waals surface area contributed by atoms with Gasteiger partial charge in [-0.3, -0.25) is 4.79 Å². The van der Waals surface area contributed by atoms with E-state index in [1.165, 1.54) is 26.2 Å². The van der Waals surface area contributed by atoms with Gasteiger partial charge in [0.2, 0.25) is 10.0 Å². The summed E-state index contributed by atoms with van der Waals surface area (Å²) < 4.78 is 32.4. The molecule has 0 heterocycles. The van der Waals surface area contributed by atoms with Crippen LogP contribution in [0, 0.1) is 12.8 Å². The molecule has 218 valence electrons. The van der Waals surface area contributed by atoms with Gasteiger partial charge in [-0.1, -0.05) is 50.8 Å². The molecule has 4 rings (SSSR count). The van der Waals surface area contributed by atoms with E-state index in [1.807, 2.05) is 37.3 Å². The highest BCUT2D eigenvalue weighted by Gasteiger charge is 2.37. The Hall–Kier alpha value is -3.27. The molecule has 1 atom stereocenters. The molecule has 1 unspecified atom stereocenters. The van der Waals surface area contributed by atoms with Crippen LogP contribution in [-0.4, -0.2) is 44.3 Å². The van der Waals surface area contributed by atoms with Crippen molar-refractivity contribution in [2.45, 2.75) is 90.0 Å². The second-order valence-corrected chi connectivity index (χ2v) is 13.4. The molecule has 0 aromatic heterocycles. The monoisotopic (exact) mass is 570 g/mol. The zero-order valence-electron chi connectivity index (χ0n) is 23.9. The highest BCUT2D eigenvalue weighted by molar-refractivity contribution is 7.90. The van der Waals surface area contributed by atoms with Gasteiger partial charge in [0.15, 0.2) is 6.10 Å². The Bertz CT molecular complexity index is 1290. The average Bonchev–Trinajstić information content (AvgIpc) is 3.76. The van der Waals surface area contributed by atoms with E-state index in [-0.39, 0.29) is 0 Å². The minimum Gasteiger partial charge on any atom is -0.481 e. The van der Waals surface area contributed by atoms with Crippen LogP contribution in [0.5, 0.6) is 5.75 Å². The number of hydrogen-bond acceptors (Lipinski definition) is 6. The number of urea groups is 1. The number of anilines is 3. The van der Waals surface area contributed by atoms with Gasteiger partial charge >= 0.3 is 6.03 Å². The Morgan fingerprint density at radius 3 is 2.25 bits per heavy atom. The maximum Gasteiger partial charge on any atom is 0.323 e. The smallest absolute Gasteiger partial charge is 0.323 e. The predicted molar refractivity (Wildman–Crippen MR) is 159 cm³/mol. The molecule has 10 heteroatoms. The van der Waals surface area contributed by atoms with Crippen LogP contribution in [0.3, 0.4) is 0 Å². The first-order valence-electron chi connectivity index (χ1n) is 14.3. The van der Waals surface area contributed by atoms with Crippen molar-refractivity contribution < 1.29 is 22.7 Å². The number of ether oxygens (including phenoxy) is 1. The molecule has 3 N–H and O–H groups in total. The van der Waals surface area contributed by atoms with Crippen LogP contribution < -0.4 is 25.0 Å². The van der Waals surface area contributed by atoms with Crippen LogP contribution in [0.15, 0.2) is 42.5 Å². The first-order valence-corrected chi connectivity index (χ1v) is 15.8. The first-order chi connectivity index (χ1) is 19.0. The number of amides is 3. The molecule has 2 fully saturated rings. The summed E-state index contributed by atoms with van der Waals surface area (Å²) in [4.78, 5) is 28.1. The maximum absolute atomic E-state index is 13.1. The van der Waals surface area contributed by atoms with E-state index in [1.54, 1.807) is 12.1 Å². The Kier molecular flexibility index (Phi) is 9.60. The summed E-state index contributed by atoms with van der Waals surface area (Å²) in [6, 6.07) is 12.9. The second kappa shape index (κ2) is 12.9. The molecule has 40 heavy (non-hydrogen) atoms. The Balaban J connectivity index is 1.58. The van der Waals surface area contributed by atoms with E-state index in [2.05, 4.69) is 34.1 Å². The largest absolute Gasteiger partial charge is 0.481 e. The van der Waals surface area contributed by atoms with Crippen LogP contribution in [0.25, 0.3) is 0 Å². The van der Waals surface area contributed by atoms with Crippen molar-refractivity contribution in [3.8, 4) is 5.75 Å². The summed E-state index contributed by atoms with van der Waals surface area (Å²) >= 11 is 0. The van der Waals surface area contributed by atoms with E-state index in [0.717, 1.165) is 30.6 Å². The fourth-order valence-corrected chi connectivity index (χ4v) is 6.40. The van der Waals surface area contributed by atoms with E-state index >= 15 is 0 Å². The number of aryl methyl sites for hydroxylation is 1. The molecule has 2 aromatic rings. The van der Waals surface area contributed by atoms with Gasteiger partial charge in [-0.15, -0.1) is 0 Å². The molecular formula is C30H42N4O5S. The summed E-state index contributed by atoms with van der Waals surface area (Å²) in [5.41, 5.74) is 3.22. The molecule has 0 radical (unpaired) electrons. The normalized spacial score (nSPS) is 16.7. The van der Waals surface area contributed by atoms with Crippen LogP contribution in [0.4, 0.5) is 21.9 Å². The number of hydrogen-bond donors (Lipinski definition) is 3. The fourth-order valence-electron chi connectivity index (χ4n) is 5.03. The Morgan fingerprint density at radius 2 is 1.62 bits per heavy atom. The topological polar surface area (TPSA) is 117 Å². The third kappa shape index (κ3) is 8.13. The second-order valence-electron chi connectivity index (χ2n) is 11.4. The van der Waals surface area contributed by atoms with Gasteiger partial charge in [-0.2, -0.15) is 0 Å².